The topological polar surface area (TPSA) is 83.5 Å². The van der Waals surface area contributed by atoms with Gasteiger partial charge in [0, 0.05) is 6.42 Å². The van der Waals surface area contributed by atoms with Gasteiger partial charge in [0.25, 0.3) is 0 Å². The van der Waals surface area contributed by atoms with Gasteiger partial charge in [-0.05, 0) is 36.5 Å². The van der Waals surface area contributed by atoms with E-state index in [1.54, 1.807) is 18.2 Å². The third-order valence-electron chi connectivity index (χ3n) is 4.80. The van der Waals surface area contributed by atoms with E-state index in [2.05, 4.69) is 5.32 Å². The minimum atomic E-state index is -3.48. The van der Waals surface area contributed by atoms with Crippen molar-refractivity contribution in [1.29, 1.82) is 0 Å². The Hall–Kier alpha value is -2.18. The Morgan fingerprint density at radius 2 is 1.62 bits per heavy atom. The largest absolute Gasteiger partial charge is 0.393 e. The SMILES string of the molecule is O=C(CCS(=O)(=O)c1ccccc1)N[C@H](c1ccccc1)C1CC(O)C1. The Labute approximate surface area is 154 Å². The lowest BCUT2D eigenvalue weighted by Crippen LogP contribution is -2.41. The summed E-state index contributed by atoms with van der Waals surface area (Å²) in [6.07, 6.45) is 0.877. The lowest BCUT2D eigenvalue weighted by atomic mass is 9.75. The molecule has 0 spiro atoms. The molecule has 2 N–H and O–H groups in total. The van der Waals surface area contributed by atoms with Gasteiger partial charge in [0.1, 0.15) is 0 Å². The van der Waals surface area contributed by atoms with Crippen LogP contribution in [-0.2, 0) is 14.6 Å². The van der Waals surface area contributed by atoms with Crippen LogP contribution in [0.3, 0.4) is 0 Å². The normalized spacial score (nSPS) is 20.8. The van der Waals surface area contributed by atoms with Gasteiger partial charge in [0.2, 0.25) is 5.91 Å². The fourth-order valence-corrected chi connectivity index (χ4v) is 4.52. The van der Waals surface area contributed by atoms with Gasteiger partial charge >= 0.3 is 0 Å². The molecule has 1 fully saturated rings. The smallest absolute Gasteiger partial charge is 0.221 e. The maximum atomic E-state index is 12.4. The molecule has 3 rings (SSSR count). The molecule has 138 valence electrons. The molecule has 0 bridgehead atoms. The van der Waals surface area contributed by atoms with Crippen LogP contribution in [0.15, 0.2) is 65.6 Å². The summed E-state index contributed by atoms with van der Waals surface area (Å²) in [5.74, 6) is -0.348. The monoisotopic (exact) mass is 373 g/mol. The summed E-state index contributed by atoms with van der Waals surface area (Å²) < 4.78 is 24.6. The molecule has 1 atom stereocenters. The van der Waals surface area contributed by atoms with Gasteiger partial charge in [-0.1, -0.05) is 48.5 Å². The van der Waals surface area contributed by atoms with Crippen molar-refractivity contribution in [2.75, 3.05) is 5.75 Å². The van der Waals surface area contributed by atoms with Crippen molar-refractivity contribution in [3.05, 3.63) is 66.2 Å². The van der Waals surface area contributed by atoms with Crippen molar-refractivity contribution in [1.82, 2.24) is 5.32 Å². The first-order valence-electron chi connectivity index (χ1n) is 8.76. The van der Waals surface area contributed by atoms with Gasteiger partial charge in [-0.25, -0.2) is 8.42 Å². The molecule has 0 aromatic heterocycles. The number of benzene rings is 2. The second-order valence-electron chi connectivity index (χ2n) is 6.72. The Morgan fingerprint density at radius 3 is 2.19 bits per heavy atom. The number of nitrogens with one attached hydrogen (secondary N) is 1. The molecule has 1 aliphatic rings. The number of carbonyl (C=O) groups excluding carboxylic acids is 1. The summed E-state index contributed by atoms with van der Waals surface area (Å²) in [6, 6.07) is 17.6. The number of rotatable bonds is 7. The fourth-order valence-electron chi connectivity index (χ4n) is 3.25. The quantitative estimate of drug-likeness (QED) is 0.781. The fraction of sp³-hybridized carbons (Fsp3) is 0.350. The second kappa shape index (κ2) is 8.01. The highest BCUT2D eigenvalue weighted by molar-refractivity contribution is 7.91. The third kappa shape index (κ3) is 4.51. The zero-order valence-corrected chi connectivity index (χ0v) is 15.2. The van der Waals surface area contributed by atoms with Crippen LogP contribution < -0.4 is 5.32 Å². The lowest BCUT2D eigenvalue weighted by molar-refractivity contribution is -0.122. The Kier molecular flexibility index (Phi) is 5.74. The molecular formula is C20H23NO4S. The first kappa shape index (κ1) is 18.6. The van der Waals surface area contributed by atoms with Gasteiger partial charge in [0.15, 0.2) is 9.84 Å². The van der Waals surface area contributed by atoms with Gasteiger partial charge in [0.05, 0.1) is 22.8 Å². The number of hydrogen-bond acceptors (Lipinski definition) is 4. The van der Waals surface area contributed by atoms with Crippen LogP contribution in [-0.4, -0.2) is 31.3 Å². The van der Waals surface area contributed by atoms with Crippen LogP contribution in [0.2, 0.25) is 0 Å². The lowest BCUT2D eigenvalue weighted by Gasteiger charge is -2.38. The summed E-state index contributed by atoms with van der Waals surface area (Å²) >= 11 is 0. The first-order chi connectivity index (χ1) is 12.5. The predicted octanol–water partition coefficient (Wildman–Crippen LogP) is 2.48. The standard InChI is InChI=1S/C20H23NO4S/c22-17-13-16(14-17)20(15-7-3-1-4-8-15)21-19(23)11-12-26(24,25)18-9-5-2-6-10-18/h1-10,16-17,20,22H,11-14H2,(H,21,23)/t16?,17?,20-/m1/s1. The van der Waals surface area contributed by atoms with Crippen LogP contribution >= 0.6 is 0 Å². The zero-order chi connectivity index (χ0) is 18.6. The van der Waals surface area contributed by atoms with Crippen molar-refractivity contribution >= 4 is 15.7 Å². The summed E-state index contributed by atoms with van der Waals surface area (Å²) in [7, 11) is -3.48. The average molecular weight is 373 g/mol. The molecule has 1 aliphatic carbocycles. The van der Waals surface area contributed by atoms with Crippen molar-refractivity contribution in [2.45, 2.75) is 36.3 Å². The Bertz CT molecular complexity index is 831. The van der Waals surface area contributed by atoms with Crippen LogP contribution in [0, 0.1) is 5.92 Å². The number of amides is 1. The molecule has 0 saturated heterocycles. The van der Waals surface area contributed by atoms with Crippen molar-refractivity contribution in [3.8, 4) is 0 Å². The number of aliphatic hydroxyl groups excluding tert-OH is 1. The van der Waals surface area contributed by atoms with E-state index in [9.17, 15) is 18.3 Å². The predicted molar refractivity (Wildman–Crippen MR) is 99.2 cm³/mol. The highest BCUT2D eigenvalue weighted by Crippen LogP contribution is 2.38. The third-order valence-corrected chi connectivity index (χ3v) is 6.53. The zero-order valence-electron chi connectivity index (χ0n) is 14.4. The molecular weight excluding hydrogens is 350 g/mol. The van der Waals surface area contributed by atoms with Gasteiger partial charge in [-0.3, -0.25) is 4.79 Å². The van der Waals surface area contributed by atoms with E-state index in [0.717, 1.165) is 5.56 Å². The molecule has 1 saturated carbocycles. The van der Waals surface area contributed by atoms with Crippen LogP contribution in [0.4, 0.5) is 0 Å². The van der Waals surface area contributed by atoms with Crippen molar-refractivity contribution in [2.24, 2.45) is 5.92 Å². The molecule has 0 radical (unpaired) electrons. The molecule has 0 heterocycles. The molecule has 2 aromatic carbocycles. The molecule has 5 nitrogen and oxygen atoms in total. The van der Waals surface area contributed by atoms with Gasteiger partial charge < -0.3 is 10.4 Å². The second-order valence-corrected chi connectivity index (χ2v) is 8.83. The molecule has 0 aliphatic heterocycles. The maximum absolute atomic E-state index is 12.4. The summed E-state index contributed by atoms with van der Waals surface area (Å²) in [4.78, 5) is 12.6. The first-order valence-corrected chi connectivity index (χ1v) is 10.4. The number of sulfone groups is 1. The minimum Gasteiger partial charge on any atom is -0.393 e. The number of hydrogen-bond donors (Lipinski definition) is 2. The van der Waals surface area contributed by atoms with E-state index >= 15 is 0 Å². The molecule has 26 heavy (non-hydrogen) atoms. The minimum absolute atomic E-state index is 0.0875. The van der Waals surface area contributed by atoms with Crippen molar-refractivity contribution in [3.63, 3.8) is 0 Å². The van der Waals surface area contributed by atoms with E-state index in [0.29, 0.717) is 12.8 Å². The number of carbonyl (C=O) groups is 1. The van der Waals surface area contributed by atoms with E-state index in [1.165, 1.54) is 12.1 Å². The molecule has 6 heteroatoms. The average Bonchev–Trinajstić information content (AvgIpc) is 2.64. The summed E-state index contributed by atoms with van der Waals surface area (Å²) in [6.45, 7) is 0. The van der Waals surface area contributed by atoms with E-state index in [1.807, 2.05) is 30.3 Å². The Balaban J connectivity index is 1.63. The molecule has 0 unspecified atom stereocenters. The van der Waals surface area contributed by atoms with Crippen LogP contribution in [0.5, 0.6) is 0 Å². The molecule has 1 amide bonds. The van der Waals surface area contributed by atoms with E-state index in [4.69, 9.17) is 0 Å². The summed E-state index contributed by atoms with van der Waals surface area (Å²) in [5, 5.41) is 12.6. The highest BCUT2D eigenvalue weighted by Gasteiger charge is 2.35. The summed E-state index contributed by atoms with van der Waals surface area (Å²) in [5.41, 5.74) is 0.976. The molecule has 2 aromatic rings. The highest BCUT2D eigenvalue weighted by atomic mass is 32.2. The number of aliphatic hydroxyl groups is 1. The van der Waals surface area contributed by atoms with E-state index < -0.39 is 9.84 Å². The van der Waals surface area contributed by atoms with Crippen LogP contribution in [0.25, 0.3) is 0 Å². The maximum Gasteiger partial charge on any atom is 0.221 e. The van der Waals surface area contributed by atoms with Gasteiger partial charge in [-0.2, -0.15) is 0 Å². The van der Waals surface area contributed by atoms with E-state index in [-0.39, 0.29) is 41.0 Å². The van der Waals surface area contributed by atoms with Crippen LogP contribution in [0.1, 0.15) is 30.9 Å². The van der Waals surface area contributed by atoms with Crippen molar-refractivity contribution < 1.29 is 18.3 Å². The van der Waals surface area contributed by atoms with Gasteiger partial charge in [-0.15, -0.1) is 0 Å². The Morgan fingerprint density at radius 1 is 1.04 bits per heavy atom.